The molecule has 22 heavy (non-hydrogen) atoms. The third-order valence-electron chi connectivity index (χ3n) is 3.81. The van der Waals surface area contributed by atoms with Crippen LogP contribution in [0.2, 0.25) is 0 Å². The predicted molar refractivity (Wildman–Crippen MR) is 86.4 cm³/mol. The number of benzene rings is 1. The van der Waals surface area contributed by atoms with E-state index in [9.17, 15) is 4.79 Å². The number of carbonyl (C=O) groups is 1. The Hall–Kier alpha value is -1.75. The molecule has 2 amide bonds. The van der Waals surface area contributed by atoms with Gasteiger partial charge in [-0.1, -0.05) is 17.7 Å². The maximum absolute atomic E-state index is 12.2. The fraction of sp³-hybridized carbons (Fsp3) is 0.588. The van der Waals surface area contributed by atoms with E-state index < -0.39 is 0 Å². The summed E-state index contributed by atoms with van der Waals surface area (Å²) >= 11 is 0. The molecule has 1 heterocycles. The van der Waals surface area contributed by atoms with Gasteiger partial charge in [0.2, 0.25) is 0 Å². The Bertz CT molecular complexity index is 509. The molecule has 2 unspecified atom stereocenters. The molecule has 0 bridgehead atoms. The Balaban J connectivity index is 1.85. The second-order valence-electron chi connectivity index (χ2n) is 5.96. The van der Waals surface area contributed by atoms with E-state index in [0.717, 1.165) is 17.7 Å². The monoisotopic (exact) mass is 306 g/mol. The van der Waals surface area contributed by atoms with Gasteiger partial charge in [0.25, 0.3) is 0 Å². The Morgan fingerprint density at radius 1 is 1.36 bits per heavy atom. The molecule has 0 aromatic heterocycles. The molecule has 0 saturated carbocycles. The van der Waals surface area contributed by atoms with Crippen molar-refractivity contribution in [3.8, 4) is 5.75 Å². The van der Waals surface area contributed by atoms with E-state index in [1.165, 1.54) is 5.56 Å². The minimum absolute atomic E-state index is 0.0198. The number of ether oxygens (including phenoxy) is 2. The van der Waals surface area contributed by atoms with Gasteiger partial charge < -0.3 is 19.7 Å². The fourth-order valence-corrected chi connectivity index (χ4v) is 2.86. The summed E-state index contributed by atoms with van der Waals surface area (Å²) in [5.41, 5.74) is 2.31. The molecule has 1 aliphatic heterocycles. The lowest BCUT2D eigenvalue weighted by atomic mass is 10.1. The van der Waals surface area contributed by atoms with Crippen molar-refractivity contribution in [2.24, 2.45) is 0 Å². The maximum atomic E-state index is 12.2. The first-order chi connectivity index (χ1) is 10.5. The standard InChI is InChI=1S/C17H26N2O3/c1-12-5-6-16(21-4)15(9-12)7-8-18-17(20)19-10-13(2)22-14(3)11-19/h5-6,9,13-14H,7-8,10-11H2,1-4H3,(H,18,20). The Labute approximate surface area is 132 Å². The Kier molecular flexibility index (Phi) is 5.66. The van der Waals surface area contributed by atoms with Crippen LogP contribution < -0.4 is 10.1 Å². The van der Waals surface area contributed by atoms with Crippen LogP contribution in [0, 0.1) is 6.92 Å². The summed E-state index contributed by atoms with van der Waals surface area (Å²) in [4.78, 5) is 14.1. The largest absolute Gasteiger partial charge is 0.496 e. The number of hydrogen-bond donors (Lipinski definition) is 1. The Morgan fingerprint density at radius 2 is 2.05 bits per heavy atom. The highest BCUT2D eigenvalue weighted by molar-refractivity contribution is 5.74. The van der Waals surface area contributed by atoms with E-state index in [-0.39, 0.29) is 18.2 Å². The summed E-state index contributed by atoms with van der Waals surface area (Å²) in [5, 5.41) is 2.99. The van der Waals surface area contributed by atoms with E-state index in [0.29, 0.717) is 19.6 Å². The highest BCUT2D eigenvalue weighted by Crippen LogP contribution is 2.19. The number of urea groups is 1. The molecule has 0 aliphatic carbocycles. The van der Waals surface area contributed by atoms with Crippen LogP contribution in [0.5, 0.6) is 5.75 Å². The summed E-state index contributed by atoms with van der Waals surface area (Å²) < 4.78 is 11.0. The molecule has 1 aromatic rings. The number of methoxy groups -OCH3 is 1. The van der Waals surface area contributed by atoms with Crippen molar-refractivity contribution in [1.82, 2.24) is 10.2 Å². The number of carbonyl (C=O) groups excluding carboxylic acids is 1. The molecule has 1 N–H and O–H groups in total. The summed E-state index contributed by atoms with van der Waals surface area (Å²) in [6, 6.07) is 6.08. The molecule has 1 aliphatic rings. The van der Waals surface area contributed by atoms with Gasteiger partial charge in [-0.2, -0.15) is 0 Å². The van der Waals surface area contributed by atoms with Crippen LogP contribution in [0.15, 0.2) is 18.2 Å². The number of morpholine rings is 1. The Morgan fingerprint density at radius 3 is 2.68 bits per heavy atom. The van der Waals surface area contributed by atoms with E-state index in [1.807, 2.05) is 30.9 Å². The first-order valence-corrected chi connectivity index (χ1v) is 7.81. The van der Waals surface area contributed by atoms with Crippen molar-refractivity contribution >= 4 is 6.03 Å². The number of amides is 2. The first-order valence-electron chi connectivity index (χ1n) is 7.81. The SMILES string of the molecule is COc1ccc(C)cc1CCNC(=O)N1CC(C)OC(C)C1. The van der Waals surface area contributed by atoms with Crippen molar-refractivity contribution in [3.05, 3.63) is 29.3 Å². The zero-order valence-electron chi connectivity index (χ0n) is 13.9. The highest BCUT2D eigenvalue weighted by atomic mass is 16.5. The molecule has 122 valence electrons. The zero-order chi connectivity index (χ0) is 16.1. The van der Waals surface area contributed by atoms with Crippen molar-refractivity contribution in [2.75, 3.05) is 26.7 Å². The van der Waals surface area contributed by atoms with Crippen molar-refractivity contribution in [2.45, 2.75) is 39.4 Å². The van der Waals surface area contributed by atoms with Crippen molar-refractivity contribution in [1.29, 1.82) is 0 Å². The van der Waals surface area contributed by atoms with Crippen LogP contribution in [0.1, 0.15) is 25.0 Å². The molecule has 2 rings (SSSR count). The fourth-order valence-electron chi connectivity index (χ4n) is 2.86. The van der Waals surface area contributed by atoms with Gasteiger partial charge in [-0.05, 0) is 38.8 Å². The molecule has 1 saturated heterocycles. The van der Waals surface area contributed by atoms with Crippen molar-refractivity contribution in [3.63, 3.8) is 0 Å². The summed E-state index contributed by atoms with van der Waals surface area (Å²) in [6.07, 6.45) is 0.934. The van der Waals surface area contributed by atoms with E-state index >= 15 is 0 Å². The number of nitrogens with zero attached hydrogens (tertiary/aromatic N) is 1. The topological polar surface area (TPSA) is 50.8 Å². The average Bonchev–Trinajstić information content (AvgIpc) is 2.46. The van der Waals surface area contributed by atoms with Crippen LogP contribution in [0.4, 0.5) is 4.79 Å². The van der Waals surface area contributed by atoms with Gasteiger partial charge in [0.1, 0.15) is 5.75 Å². The normalized spacial score (nSPS) is 21.5. The van der Waals surface area contributed by atoms with Crippen LogP contribution in [0.25, 0.3) is 0 Å². The lowest BCUT2D eigenvalue weighted by molar-refractivity contribution is -0.0544. The van der Waals surface area contributed by atoms with Gasteiger partial charge in [0.05, 0.1) is 19.3 Å². The number of hydrogen-bond acceptors (Lipinski definition) is 3. The van der Waals surface area contributed by atoms with Crippen molar-refractivity contribution < 1.29 is 14.3 Å². The van der Waals surface area contributed by atoms with E-state index in [4.69, 9.17) is 9.47 Å². The molecule has 1 fully saturated rings. The first kappa shape index (κ1) is 16.6. The van der Waals surface area contributed by atoms with Gasteiger partial charge in [0.15, 0.2) is 0 Å². The van der Waals surface area contributed by atoms with E-state index in [1.54, 1.807) is 7.11 Å². The van der Waals surface area contributed by atoms with Gasteiger partial charge in [-0.15, -0.1) is 0 Å². The second kappa shape index (κ2) is 7.49. The molecule has 1 aromatic carbocycles. The molecule has 5 nitrogen and oxygen atoms in total. The third-order valence-corrected chi connectivity index (χ3v) is 3.81. The molecule has 2 atom stereocenters. The minimum atomic E-state index is -0.0198. The van der Waals surface area contributed by atoms with Crippen LogP contribution >= 0.6 is 0 Å². The lowest BCUT2D eigenvalue weighted by Gasteiger charge is -2.35. The lowest BCUT2D eigenvalue weighted by Crippen LogP contribution is -2.51. The smallest absolute Gasteiger partial charge is 0.317 e. The molecule has 0 spiro atoms. The number of aryl methyl sites for hydroxylation is 1. The maximum Gasteiger partial charge on any atom is 0.317 e. The highest BCUT2D eigenvalue weighted by Gasteiger charge is 2.25. The number of nitrogens with one attached hydrogen (secondary N) is 1. The zero-order valence-corrected chi connectivity index (χ0v) is 13.9. The van der Waals surface area contributed by atoms with Gasteiger partial charge >= 0.3 is 6.03 Å². The molecular weight excluding hydrogens is 280 g/mol. The quantitative estimate of drug-likeness (QED) is 0.929. The van der Waals surface area contributed by atoms with Gasteiger partial charge in [-0.3, -0.25) is 0 Å². The van der Waals surface area contributed by atoms with Gasteiger partial charge in [-0.25, -0.2) is 4.79 Å². The average molecular weight is 306 g/mol. The summed E-state index contributed by atoms with van der Waals surface area (Å²) in [7, 11) is 1.67. The van der Waals surface area contributed by atoms with Crippen LogP contribution in [-0.2, 0) is 11.2 Å². The van der Waals surface area contributed by atoms with E-state index in [2.05, 4.69) is 18.3 Å². The number of rotatable bonds is 4. The minimum Gasteiger partial charge on any atom is -0.496 e. The second-order valence-corrected chi connectivity index (χ2v) is 5.96. The summed E-state index contributed by atoms with van der Waals surface area (Å²) in [5.74, 6) is 0.869. The van der Waals surface area contributed by atoms with Crippen LogP contribution in [-0.4, -0.2) is 49.9 Å². The van der Waals surface area contributed by atoms with Crippen LogP contribution in [0.3, 0.4) is 0 Å². The summed E-state index contributed by atoms with van der Waals surface area (Å²) in [6.45, 7) is 7.92. The molecule has 0 radical (unpaired) electrons. The third kappa shape index (κ3) is 4.37. The predicted octanol–water partition coefficient (Wildman–Crippen LogP) is 2.36. The molecular formula is C17H26N2O3. The van der Waals surface area contributed by atoms with Gasteiger partial charge in [0, 0.05) is 19.6 Å². The molecule has 5 heteroatoms.